The van der Waals surface area contributed by atoms with Crippen LogP contribution < -0.4 is 0 Å². The minimum atomic E-state index is 0.654. The molecule has 4 heteroatoms. The summed E-state index contributed by atoms with van der Waals surface area (Å²) in [4.78, 5) is 6.37. The van der Waals surface area contributed by atoms with Gasteiger partial charge in [0.15, 0.2) is 0 Å². The maximum Gasteiger partial charge on any atom is 0.102 e. The van der Waals surface area contributed by atoms with Crippen LogP contribution in [-0.4, -0.2) is 4.98 Å². The van der Waals surface area contributed by atoms with Crippen LogP contribution in [0, 0.1) is 25.2 Å². The maximum absolute atomic E-state index is 9.22. The van der Waals surface area contributed by atoms with Gasteiger partial charge in [0.1, 0.15) is 6.07 Å². The summed E-state index contributed by atoms with van der Waals surface area (Å²) < 4.78 is 1.03. The fourth-order valence-corrected chi connectivity index (χ4v) is 3.26. The molecule has 0 unspecified atom stereocenters. The molecular weight excluding hydrogens is 308 g/mol. The standard InChI is InChI=1S/C14H11BrN2S/c1-9-7-14(11(8-16)10(2)17-9)18-13-6-4-3-5-12(13)15/h3-7H,1-2H3. The summed E-state index contributed by atoms with van der Waals surface area (Å²) in [5.74, 6) is 0. The molecule has 90 valence electrons. The van der Waals surface area contributed by atoms with Crippen LogP contribution in [0.1, 0.15) is 17.0 Å². The molecule has 0 radical (unpaired) electrons. The third-order valence-electron chi connectivity index (χ3n) is 2.46. The molecule has 0 saturated heterocycles. The lowest BCUT2D eigenvalue weighted by molar-refractivity contribution is 1.07. The smallest absolute Gasteiger partial charge is 0.102 e. The molecule has 1 aromatic carbocycles. The molecular formula is C14H11BrN2S. The van der Waals surface area contributed by atoms with E-state index in [0.29, 0.717) is 5.56 Å². The number of nitrogens with zero attached hydrogens (tertiary/aromatic N) is 2. The van der Waals surface area contributed by atoms with Crippen LogP contribution in [0.5, 0.6) is 0 Å². The van der Waals surface area contributed by atoms with Crippen molar-refractivity contribution in [1.82, 2.24) is 4.98 Å². The van der Waals surface area contributed by atoms with Gasteiger partial charge in [-0.1, -0.05) is 23.9 Å². The average Bonchev–Trinajstić information content (AvgIpc) is 2.31. The van der Waals surface area contributed by atoms with Gasteiger partial charge in [-0.15, -0.1) is 0 Å². The summed E-state index contributed by atoms with van der Waals surface area (Å²) in [5.41, 5.74) is 2.37. The minimum Gasteiger partial charge on any atom is -0.257 e. The van der Waals surface area contributed by atoms with Crippen molar-refractivity contribution < 1.29 is 0 Å². The summed E-state index contributed by atoms with van der Waals surface area (Å²) in [5, 5.41) is 9.22. The highest BCUT2D eigenvalue weighted by molar-refractivity contribution is 9.10. The second-order valence-corrected chi connectivity index (χ2v) is 5.80. The summed E-state index contributed by atoms with van der Waals surface area (Å²) in [6.45, 7) is 3.81. The topological polar surface area (TPSA) is 36.7 Å². The Morgan fingerprint density at radius 3 is 2.61 bits per heavy atom. The zero-order valence-corrected chi connectivity index (χ0v) is 12.5. The molecule has 0 fully saturated rings. The van der Waals surface area contributed by atoms with Gasteiger partial charge in [-0.05, 0) is 48.0 Å². The zero-order valence-electron chi connectivity index (χ0n) is 10.1. The normalized spacial score (nSPS) is 10.1. The van der Waals surface area contributed by atoms with Crippen molar-refractivity contribution in [2.24, 2.45) is 0 Å². The second kappa shape index (κ2) is 5.55. The Morgan fingerprint density at radius 2 is 1.94 bits per heavy atom. The Balaban J connectivity index is 2.47. The van der Waals surface area contributed by atoms with E-state index in [1.54, 1.807) is 11.8 Å². The predicted molar refractivity (Wildman–Crippen MR) is 76.7 cm³/mol. The molecule has 2 aromatic rings. The minimum absolute atomic E-state index is 0.654. The van der Waals surface area contributed by atoms with Gasteiger partial charge in [0.25, 0.3) is 0 Å². The van der Waals surface area contributed by atoms with E-state index in [1.807, 2.05) is 44.2 Å². The zero-order chi connectivity index (χ0) is 13.1. The lowest BCUT2D eigenvalue weighted by Crippen LogP contribution is -1.94. The summed E-state index contributed by atoms with van der Waals surface area (Å²) in [7, 11) is 0. The number of halogens is 1. The molecule has 1 aromatic heterocycles. The van der Waals surface area contributed by atoms with Crippen LogP contribution in [0.3, 0.4) is 0 Å². The fourth-order valence-electron chi connectivity index (χ4n) is 1.66. The Bertz CT molecular complexity index is 632. The number of aromatic nitrogens is 1. The number of benzene rings is 1. The number of hydrogen-bond donors (Lipinski definition) is 0. The number of pyridine rings is 1. The lowest BCUT2D eigenvalue weighted by Gasteiger charge is -2.08. The molecule has 0 spiro atoms. The van der Waals surface area contributed by atoms with E-state index >= 15 is 0 Å². The molecule has 18 heavy (non-hydrogen) atoms. The van der Waals surface area contributed by atoms with Crippen molar-refractivity contribution >= 4 is 27.7 Å². The number of nitriles is 1. The van der Waals surface area contributed by atoms with E-state index < -0.39 is 0 Å². The van der Waals surface area contributed by atoms with Gasteiger partial charge in [0, 0.05) is 20.0 Å². The van der Waals surface area contributed by atoms with Crippen molar-refractivity contribution in [3.63, 3.8) is 0 Å². The quantitative estimate of drug-likeness (QED) is 0.818. The van der Waals surface area contributed by atoms with Crippen molar-refractivity contribution in [2.75, 3.05) is 0 Å². The first-order chi connectivity index (χ1) is 8.61. The third-order valence-corrected chi connectivity index (χ3v) is 4.53. The van der Waals surface area contributed by atoms with Crippen LogP contribution in [0.15, 0.2) is 44.6 Å². The highest BCUT2D eigenvalue weighted by Gasteiger charge is 2.10. The molecule has 0 bridgehead atoms. The number of aryl methyl sites for hydroxylation is 2. The van der Waals surface area contributed by atoms with Crippen molar-refractivity contribution in [3.8, 4) is 6.07 Å². The van der Waals surface area contributed by atoms with Crippen LogP contribution in [0.4, 0.5) is 0 Å². The highest BCUT2D eigenvalue weighted by Crippen LogP contribution is 2.35. The van der Waals surface area contributed by atoms with E-state index in [2.05, 4.69) is 27.0 Å². The largest absolute Gasteiger partial charge is 0.257 e. The Labute approximate surface area is 119 Å². The van der Waals surface area contributed by atoms with E-state index in [4.69, 9.17) is 0 Å². The SMILES string of the molecule is Cc1cc(Sc2ccccc2Br)c(C#N)c(C)n1. The van der Waals surface area contributed by atoms with E-state index in [9.17, 15) is 5.26 Å². The number of rotatable bonds is 2. The van der Waals surface area contributed by atoms with Crippen molar-refractivity contribution in [2.45, 2.75) is 23.6 Å². The molecule has 2 nitrogen and oxygen atoms in total. The van der Waals surface area contributed by atoms with Gasteiger partial charge in [-0.25, -0.2) is 0 Å². The molecule has 0 atom stereocenters. The Morgan fingerprint density at radius 1 is 1.22 bits per heavy atom. The average molecular weight is 319 g/mol. The molecule has 2 rings (SSSR count). The third kappa shape index (κ3) is 2.74. The number of hydrogen-bond acceptors (Lipinski definition) is 3. The first-order valence-corrected chi connectivity index (χ1v) is 7.03. The van der Waals surface area contributed by atoms with E-state index in [1.165, 1.54) is 0 Å². The monoisotopic (exact) mass is 318 g/mol. The summed E-state index contributed by atoms with van der Waals surface area (Å²) >= 11 is 5.10. The first-order valence-electron chi connectivity index (χ1n) is 5.42. The maximum atomic E-state index is 9.22. The fraction of sp³-hybridized carbons (Fsp3) is 0.143. The second-order valence-electron chi connectivity index (χ2n) is 3.87. The highest BCUT2D eigenvalue weighted by atomic mass is 79.9. The molecule has 0 aliphatic rings. The summed E-state index contributed by atoms with van der Waals surface area (Å²) in [6.07, 6.45) is 0. The molecule has 1 heterocycles. The first kappa shape index (κ1) is 13.1. The summed E-state index contributed by atoms with van der Waals surface area (Å²) in [6, 6.07) is 12.2. The molecule has 0 N–H and O–H groups in total. The van der Waals surface area contributed by atoms with Crippen LogP contribution in [0.25, 0.3) is 0 Å². The predicted octanol–water partition coefficient (Wildman–Crippen LogP) is 4.48. The Kier molecular flexibility index (Phi) is 4.05. The van der Waals surface area contributed by atoms with Crippen LogP contribution in [0.2, 0.25) is 0 Å². The van der Waals surface area contributed by atoms with Crippen LogP contribution >= 0.6 is 27.7 Å². The van der Waals surface area contributed by atoms with Gasteiger partial charge in [-0.3, -0.25) is 4.98 Å². The van der Waals surface area contributed by atoms with Gasteiger partial charge in [0.2, 0.25) is 0 Å². The van der Waals surface area contributed by atoms with E-state index in [0.717, 1.165) is 25.7 Å². The van der Waals surface area contributed by atoms with Gasteiger partial charge < -0.3 is 0 Å². The van der Waals surface area contributed by atoms with Gasteiger partial charge in [0.05, 0.1) is 11.3 Å². The van der Waals surface area contributed by atoms with Crippen molar-refractivity contribution in [1.29, 1.82) is 5.26 Å². The van der Waals surface area contributed by atoms with Gasteiger partial charge >= 0.3 is 0 Å². The van der Waals surface area contributed by atoms with Crippen molar-refractivity contribution in [3.05, 3.63) is 51.8 Å². The Hall–Kier alpha value is -1.31. The lowest BCUT2D eigenvalue weighted by atomic mass is 10.2. The van der Waals surface area contributed by atoms with E-state index in [-0.39, 0.29) is 0 Å². The molecule has 0 saturated carbocycles. The van der Waals surface area contributed by atoms with Gasteiger partial charge in [-0.2, -0.15) is 5.26 Å². The molecule has 0 amide bonds. The molecule has 0 aliphatic heterocycles. The molecule has 0 aliphatic carbocycles. The van der Waals surface area contributed by atoms with Crippen LogP contribution in [-0.2, 0) is 0 Å².